The van der Waals surface area contributed by atoms with Crippen molar-refractivity contribution in [3.05, 3.63) is 41.6 Å². The van der Waals surface area contributed by atoms with Crippen LogP contribution in [0.1, 0.15) is 18.5 Å². The molecule has 1 atom stereocenters. The minimum Gasteiger partial charge on any atom is -0.671 e. The van der Waals surface area contributed by atoms with Gasteiger partial charge in [-0.15, -0.1) is 6.04 Å². The molecule has 0 unspecified atom stereocenters. The average Bonchev–Trinajstić information content (AvgIpc) is 1.90. The van der Waals surface area contributed by atoms with Crippen LogP contribution < -0.4 is 51.4 Å². The second kappa shape index (κ2) is 5.46. The fraction of sp³-hybridized carbons (Fsp3) is 0.250. The maximum absolute atomic E-state index is 7.32. The zero-order chi connectivity index (χ0) is 6.69. The molecule has 1 nitrogen and oxygen atoms in total. The van der Waals surface area contributed by atoms with Crippen molar-refractivity contribution in [3.8, 4) is 0 Å². The molecule has 1 aromatic carbocycles. The quantitative estimate of drug-likeness (QED) is 0.507. The Labute approximate surface area is 104 Å². The molecular formula is C8H10KN. The minimum atomic E-state index is -0.0915. The fourth-order valence-electron chi connectivity index (χ4n) is 0.742. The van der Waals surface area contributed by atoms with Gasteiger partial charge in [0.1, 0.15) is 0 Å². The molecule has 0 aromatic heterocycles. The van der Waals surface area contributed by atoms with Crippen LogP contribution in [0.25, 0.3) is 5.73 Å². The second-order valence-corrected chi connectivity index (χ2v) is 2.13. The largest absolute Gasteiger partial charge is 1.00 e. The normalized spacial score (nSPS) is 11.8. The smallest absolute Gasteiger partial charge is 0.671 e. The van der Waals surface area contributed by atoms with Crippen LogP contribution in [0.2, 0.25) is 0 Å². The first kappa shape index (κ1) is 10.8. The van der Waals surface area contributed by atoms with Crippen molar-refractivity contribution in [1.82, 2.24) is 0 Å². The van der Waals surface area contributed by atoms with E-state index in [1.807, 2.05) is 37.3 Å². The Bertz CT molecular complexity index is 172. The van der Waals surface area contributed by atoms with E-state index in [1.165, 1.54) is 0 Å². The summed E-state index contributed by atoms with van der Waals surface area (Å²) in [7, 11) is 0. The maximum atomic E-state index is 7.32. The first-order chi connectivity index (χ1) is 4.30. The van der Waals surface area contributed by atoms with Gasteiger partial charge in [-0.3, -0.25) is 0 Å². The summed E-state index contributed by atoms with van der Waals surface area (Å²) >= 11 is 0. The summed E-state index contributed by atoms with van der Waals surface area (Å²) in [6.45, 7) is 1.87. The molecule has 0 saturated carbocycles. The van der Waals surface area contributed by atoms with E-state index >= 15 is 0 Å². The SMILES string of the molecule is C[C@H]([NH-])c1ccccc1.[K+]. The van der Waals surface area contributed by atoms with Crippen molar-refractivity contribution >= 4 is 0 Å². The summed E-state index contributed by atoms with van der Waals surface area (Å²) in [4.78, 5) is 0. The van der Waals surface area contributed by atoms with E-state index in [0.717, 1.165) is 5.56 Å². The molecule has 1 aromatic rings. The van der Waals surface area contributed by atoms with Gasteiger partial charge in [-0.1, -0.05) is 42.8 Å². The molecule has 1 rings (SSSR count). The van der Waals surface area contributed by atoms with Crippen LogP contribution in [0.4, 0.5) is 0 Å². The Balaban J connectivity index is 0.000000810. The van der Waals surface area contributed by atoms with Gasteiger partial charge in [0.15, 0.2) is 0 Å². The molecule has 0 saturated heterocycles. The monoisotopic (exact) mass is 159 g/mol. The Hall–Kier alpha value is 0.816. The van der Waals surface area contributed by atoms with Gasteiger partial charge in [0.05, 0.1) is 0 Å². The van der Waals surface area contributed by atoms with Crippen LogP contribution >= 0.6 is 0 Å². The van der Waals surface area contributed by atoms with Crippen LogP contribution in [-0.4, -0.2) is 0 Å². The molecule has 0 fully saturated rings. The van der Waals surface area contributed by atoms with Gasteiger partial charge in [-0.25, -0.2) is 0 Å². The summed E-state index contributed by atoms with van der Waals surface area (Å²) in [5, 5.41) is 0. The first-order valence-corrected chi connectivity index (χ1v) is 3.07. The Morgan fingerprint density at radius 1 is 1.20 bits per heavy atom. The number of benzene rings is 1. The van der Waals surface area contributed by atoms with Crippen molar-refractivity contribution in [3.63, 3.8) is 0 Å². The van der Waals surface area contributed by atoms with Crippen LogP contribution in [-0.2, 0) is 0 Å². The van der Waals surface area contributed by atoms with Gasteiger partial charge < -0.3 is 5.73 Å². The predicted molar refractivity (Wildman–Crippen MR) is 39.2 cm³/mol. The average molecular weight is 159 g/mol. The third kappa shape index (κ3) is 3.28. The van der Waals surface area contributed by atoms with Crippen molar-refractivity contribution in [2.45, 2.75) is 13.0 Å². The van der Waals surface area contributed by atoms with Crippen molar-refractivity contribution in [2.24, 2.45) is 0 Å². The Morgan fingerprint density at radius 2 is 1.70 bits per heavy atom. The Kier molecular flexibility index (Phi) is 5.91. The molecule has 2 heteroatoms. The zero-order valence-corrected chi connectivity index (χ0v) is 9.59. The molecule has 10 heavy (non-hydrogen) atoms. The third-order valence-electron chi connectivity index (χ3n) is 1.30. The molecule has 0 bridgehead atoms. The molecule has 0 radical (unpaired) electrons. The molecule has 0 aliphatic rings. The minimum absolute atomic E-state index is 0. The topological polar surface area (TPSA) is 23.8 Å². The number of hydrogen-bond donors (Lipinski definition) is 0. The summed E-state index contributed by atoms with van der Waals surface area (Å²) in [5.41, 5.74) is 8.40. The summed E-state index contributed by atoms with van der Waals surface area (Å²) in [5.74, 6) is 0. The van der Waals surface area contributed by atoms with E-state index in [-0.39, 0.29) is 57.4 Å². The summed E-state index contributed by atoms with van der Waals surface area (Å²) < 4.78 is 0. The van der Waals surface area contributed by atoms with Crippen molar-refractivity contribution < 1.29 is 51.4 Å². The van der Waals surface area contributed by atoms with Crippen LogP contribution in [0, 0.1) is 0 Å². The molecular weight excluding hydrogens is 149 g/mol. The molecule has 1 N–H and O–H groups in total. The van der Waals surface area contributed by atoms with Crippen molar-refractivity contribution in [1.29, 1.82) is 0 Å². The first-order valence-electron chi connectivity index (χ1n) is 3.07. The standard InChI is InChI=1S/C8H10N.K/c1-7(9)8-5-3-2-4-6-8;/h2-7,9H,1H3;/q-1;+1/t7-;/m0./s1. The molecule has 48 valence electrons. The van der Waals surface area contributed by atoms with E-state index in [1.54, 1.807) is 0 Å². The van der Waals surface area contributed by atoms with Gasteiger partial charge >= 0.3 is 51.4 Å². The molecule has 0 aliphatic carbocycles. The number of hydrogen-bond acceptors (Lipinski definition) is 0. The third-order valence-corrected chi connectivity index (χ3v) is 1.30. The van der Waals surface area contributed by atoms with E-state index in [2.05, 4.69) is 0 Å². The van der Waals surface area contributed by atoms with Gasteiger partial charge in [0.2, 0.25) is 0 Å². The molecule has 0 heterocycles. The van der Waals surface area contributed by atoms with E-state index in [0.29, 0.717) is 0 Å². The van der Waals surface area contributed by atoms with Gasteiger partial charge in [0.25, 0.3) is 0 Å². The maximum Gasteiger partial charge on any atom is 1.00 e. The zero-order valence-electron chi connectivity index (χ0n) is 6.46. The van der Waals surface area contributed by atoms with Gasteiger partial charge in [0, 0.05) is 0 Å². The Morgan fingerprint density at radius 3 is 2.00 bits per heavy atom. The molecule has 0 spiro atoms. The van der Waals surface area contributed by atoms with Crippen molar-refractivity contribution in [2.75, 3.05) is 0 Å². The van der Waals surface area contributed by atoms with Gasteiger partial charge in [-0.2, -0.15) is 0 Å². The van der Waals surface area contributed by atoms with E-state index < -0.39 is 0 Å². The van der Waals surface area contributed by atoms with E-state index in [4.69, 9.17) is 5.73 Å². The second-order valence-electron chi connectivity index (χ2n) is 2.13. The number of rotatable bonds is 1. The van der Waals surface area contributed by atoms with E-state index in [9.17, 15) is 0 Å². The van der Waals surface area contributed by atoms with Gasteiger partial charge in [-0.05, 0) is 0 Å². The molecule has 0 aliphatic heterocycles. The van der Waals surface area contributed by atoms with Crippen LogP contribution in [0.15, 0.2) is 30.3 Å². The number of nitrogens with one attached hydrogen (secondary N) is 1. The summed E-state index contributed by atoms with van der Waals surface area (Å²) in [6, 6.07) is 9.73. The summed E-state index contributed by atoms with van der Waals surface area (Å²) in [6.07, 6.45) is 0. The fourth-order valence-corrected chi connectivity index (χ4v) is 0.742. The molecule has 0 amide bonds. The van der Waals surface area contributed by atoms with Crippen LogP contribution in [0.5, 0.6) is 0 Å². The predicted octanol–water partition coefficient (Wildman–Crippen LogP) is -0.196. The van der Waals surface area contributed by atoms with Crippen LogP contribution in [0.3, 0.4) is 0 Å².